The standard InChI is InChI=1S/C15H17N3O2/c19-14-11-2-1-10(7-12(11)15(20)17-14)16-13-8-18-5-3-9(13)4-6-18/h1-2,7,9,13,16H,3-6,8H2,(H,17,19,20). The maximum absolute atomic E-state index is 11.7. The first-order valence-corrected chi connectivity index (χ1v) is 7.19. The van der Waals surface area contributed by atoms with Gasteiger partial charge in [0.15, 0.2) is 0 Å². The Labute approximate surface area is 117 Å². The molecule has 1 aromatic carbocycles. The van der Waals surface area contributed by atoms with Crippen LogP contribution in [-0.2, 0) is 0 Å². The summed E-state index contributed by atoms with van der Waals surface area (Å²) >= 11 is 0. The number of nitrogens with zero attached hydrogens (tertiary/aromatic N) is 1. The van der Waals surface area contributed by atoms with Gasteiger partial charge in [-0.25, -0.2) is 0 Å². The largest absolute Gasteiger partial charge is 0.381 e. The average molecular weight is 271 g/mol. The molecular formula is C15H17N3O2. The molecule has 3 fully saturated rings. The van der Waals surface area contributed by atoms with E-state index in [0.717, 1.165) is 18.2 Å². The maximum Gasteiger partial charge on any atom is 0.259 e. The summed E-state index contributed by atoms with van der Waals surface area (Å²) in [6, 6.07) is 5.89. The van der Waals surface area contributed by atoms with Crippen molar-refractivity contribution in [1.29, 1.82) is 0 Å². The second kappa shape index (κ2) is 4.31. The fraction of sp³-hybridized carbons (Fsp3) is 0.467. The van der Waals surface area contributed by atoms with Crippen molar-refractivity contribution >= 4 is 17.5 Å². The molecule has 0 radical (unpaired) electrons. The fourth-order valence-electron chi connectivity index (χ4n) is 3.60. The Morgan fingerprint density at radius 2 is 1.85 bits per heavy atom. The van der Waals surface area contributed by atoms with Crippen molar-refractivity contribution in [2.24, 2.45) is 5.92 Å². The number of amides is 2. The lowest BCUT2D eigenvalue weighted by molar-refractivity contribution is 0.0879. The van der Waals surface area contributed by atoms with Gasteiger partial charge in [0.05, 0.1) is 11.1 Å². The summed E-state index contributed by atoms with van der Waals surface area (Å²) in [5.41, 5.74) is 1.91. The van der Waals surface area contributed by atoms with E-state index in [2.05, 4.69) is 15.5 Å². The summed E-state index contributed by atoms with van der Waals surface area (Å²) in [7, 11) is 0. The smallest absolute Gasteiger partial charge is 0.259 e. The molecule has 2 N–H and O–H groups in total. The summed E-state index contributed by atoms with van der Waals surface area (Å²) in [6.45, 7) is 3.50. The molecule has 4 aliphatic rings. The molecule has 4 aliphatic heterocycles. The molecule has 0 aromatic heterocycles. The molecule has 4 heterocycles. The molecule has 1 unspecified atom stereocenters. The molecular weight excluding hydrogens is 254 g/mol. The van der Waals surface area contributed by atoms with Crippen LogP contribution < -0.4 is 10.6 Å². The van der Waals surface area contributed by atoms with Gasteiger partial charge >= 0.3 is 0 Å². The van der Waals surface area contributed by atoms with Gasteiger partial charge in [0.1, 0.15) is 0 Å². The first kappa shape index (κ1) is 11.9. The quantitative estimate of drug-likeness (QED) is 0.790. The Balaban J connectivity index is 1.57. The number of carbonyl (C=O) groups is 2. The zero-order chi connectivity index (χ0) is 13.7. The van der Waals surface area contributed by atoms with E-state index < -0.39 is 0 Å². The minimum absolute atomic E-state index is 0.289. The molecule has 3 saturated heterocycles. The second-order valence-electron chi connectivity index (χ2n) is 5.93. The number of hydrogen-bond donors (Lipinski definition) is 2. The van der Waals surface area contributed by atoms with Gasteiger partial charge in [0.2, 0.25) is 0 Å². The van der Waals surface area contributed by atoms with Gasteiger partial charge in [-0.15, -0.1) is 0 Å². The number of fused-ring (bicyclic) bond motifs is 4. The highest BCUT2D eigenvalue weighted by atomic mass is 16.2. The number of imide groups is 1. The lowest BCUT2D eigenvalue weighted by atomic mass is 9.84. The van der Waals surface area contributed by atoms with Gasteiger partial charge in [0, 0.05) is 18.3 Å². The summed E-state index contributed by atoms with van der Waals surface area (Å²) in [6.07, 6.45) is 2.50. The van der Waals surface area contributed by atoms with Crippen LogP contribution in [0, 0.1) is 5.92 Å². The molecule has 104 valence electrons. The molecule has 2 bridgehead atoms. The van der Waals surface area contributed by atoms with E-state index in [1.165, 1.54) is 25.9 Å². The predicted octanol–water partition coefficient (Wildman–Crippen LogP) is 1.08. The van der Waals surface area contributed by atoms with Crippen LogP contribution in [-0.4, -0.2) is 42.4 Å². The van der Waals surface area contributed by atoms with E-state index >= 15 is 0 Å². The summed E-state index contributed by atoms with van der Waals surface area (Å²) in [5.74, 6) is 0.144. The Kier molecular flexibility index (Phi) is 2.57. The molecule has 5 heteroatoms. The van der Waals surface area contributed by atoms with Crippen molar-refractivity contribution in [3.63, 3.8) is 0 Å². The Morgan fingerprint density at radius 3 is 2.55 bits per heavy atom. The normalized spacial score (nSPS) is 31.1. The third-order valence-electron chi connectivity index (χ3n) is 4.74. The van der Waals surface area contributed by atoms with E-state index in [0.29, 0.717) is 17.2 Å². The highest BCUT2D eigenvalue weighted by Crippen LogP contribution is 2.30. The van der Waals surface area contributed by atoms with E-state index in [1.54, 1.807) is 12.1 Å². The number of rotatable bonds is 2. The van der Waals surface area contributed by atoms with Crippen molar-refractivity contribution in [1.82, 2.24) is 10.2 Å². The zero-order valence-electron chi connectivity index (χ0n) is 11.2. The topological polar surface area (TPSA) is 61.4 Å². The molecule has 20 heavy (non-hydrogen) atoms. The monoisotopic (exact) mass is 271 g/mol. The predicted molar refractivity (Wildman–Crippen MR) is 74.8 cm³/mol. The van der Waals surface area contributed by atoms with Crippen molar-refractivity contribution in [2.45, 2.75) is 18.9 Å². The van der Waals surface area contributed by atoms with Crippen molar-refractivity contribution in [3.8, 4) is 0 Å². The number of nitrogens with one attached hydrogen (secondary N) is 2. The van der Waals surface area contributed by atoms with E-state index in [4.69, 9.17) is 0 Å². The zero-order valence-corrected chi connectivity index (χ0v) is 11.2. The highest BCUT2D eigenvalue weighted by molar-refractivity contribution is 6.21. The van der Waals surface area contributed by atoms with E-state index in [9.17, 15) is 9.59 Å². The Hall–Kier alpha value is -1.88. The summed E-state index contributed by atoms with van der Waals surface area (Å²) in [5, 5.41) is 5.87. The molecule has 1 atom stereocenters. The van der Waals surface area contributed by atoms with Gasteiger partial charge in [-0.3, -0.25) is 14.9 Å². The fourth-order valence-corrected chi connectivity index (χ4v) is 3.60. The van der Waals surface area contributed by atoms with E-state index in [-0.39, 0.29) is 11.8 Å². The van der Waals surface area contributed by atoms with Crippen LogP contribution in [0.4, 0.5) is 5.69 Å². The van der Waals surface area contributed by atoms with Crippen LogP contribution in [0.25, 0.3) is 0 Å². The minimum Gasteiger partial charge on any atom is -0.381 e. The first-order valence-electron chi connectivity index (χ1n) is 7.19. The number of anilines is 1. The van der Waals surface area contributed by atoms with Crippen LogP contribution in [0.1, 0.15) is 33.6 Å². The van der Waals surface area contributed by atoms with Crippen molar-refractivity contribution < 1.29 is 9.59 Å². The molecule has 5 rings (SSSR count). The maximum atomic E-state index is 11.7. The van der Waals surface area contributed by atoms with Gasteiger partial charge in [-0.05, 0) is 50.0 Å². The van der Waals surface area contributed by atoms with Crippen LogP contribution in [0.15, 0.2) is 18.2 Å². The second-order valence-corrected chi connectivity index (χ2v) is 5.93. The third kappa shape index (κ3) is 1.81. The number of hydrogen-bond acceptors (Lipinski definition) is 4. The Bertz CT molecular complexity index is 591. The molecule has 0 aliphatic carbocycles. The van der Waals surface area contributed by atoms with Gasteiger partial charge in [-0.1, -0.05) is 0 Å². The molecule has 0 spiro atoms. The van der Waals surface area contributed by atoms with Crippen LogP contribution in [0.2, 0.25) is 0 Å². The SMILES string of the molecule is O=C1NC(=O)c2cc(NC3CN4CCC3CC4)ccc21. The highest BCUT2D eigenvalue weighted by Gasteiger charge is 2.34. The molecule has 0 saturated carbocycles. The number of piperidine rings is 3. The third-order valence-corrected chi connectivity index (χ3v) is 4.74. The average Bonchev–Trinajstić information content (AvgIpc) is 2.75. The first-order chi connectivity index (χ1) is 9.70. The van der Waals surface area contributed by atoms with Crippen LogP contribution in [0.3, 0.4) is 0 Å². The lowest BCUT2D eigenvalue weighted by Gasteiger charge is -2.45. The number of carbonyl (C=O) groups excluding carboxylic acids is 2. The van der Waals surface area contributed by atoms with Crippen molar-refractivity contribution in [2.75, 3.05) is 25.0 Å². The summed E-state index contributed by atoms with van der Waals surface area (Å²) in [4.78, 5) is 25.7. The molecule has 2 amide bonds. The minimum atomic E-state index is -0.292. The van der Waals surface area contributed by atoms with Gasteiger partial charge < -0.3 is 10.2 Å². The van der Waals surface area contributed by atoms with Crippen LogP contribution in [0.5, 0.6) is 0 Å². The van der Waals surface area contributed by atoms with E-state index in [1.807, 2.05) is 6.07 Å². The summed E-state index contributed by atoms with van der Waals surface area (Å²) < 4.78 is 0. The Morgan fingerprint density at radius 1 is 1.10 bits per heavy atom. The lowest BCUT2D eigenvalue weighted by Crippen LogP contribution is -2.53. The molecule has 5 nitrogen and oxygen atoms in total. The van der Waals surface area contributed by atoms with Gasteiger partial charge in [-0.2, -0.15) is 0 Å². The molecule has 1 aromatic rings. The van der Waals surface area contributed by atoms with Crippen LogP contribution >= 0.6 is 0 Å². The van der Waals surface area contributed by atoms with Gasteiger partial charge in [0.25, 0.3) is 11.8 Å². The number of benzene rings is 1. The van der Waals surface area contributed by atoms with Crippen molar-refractivity contribution in [3.05, 3.63) is 29.3 Å².